The molecule has 21 heteroatoms. The molecule has 1 aliphatic heterocycles. The third kappa shape index (κ3) is 10.6. The van der Waals surface area contributed by atoms with Crippen LogP contribution in [-0.4, -0.2) is 81.3 Å². The molecule has 2 heterocycles. The molecule has 3 aromatic rings. The van der Waals surface area contributed by atoms with Gasteiger partial charge in [0.1, 0.15) is 23.4 Å². The van der Waals surface area contributed by atoms with E-state index in [0.717, 1.165) is 23.2 Å². The van der Waals surface area contributed by atoms with Gasteiger partial charge >= 0.3 is 24.3 Å². The van der Waals surface area contributed by atoms with Crippen molar-refractivity contribution in [3.63, 3.8) is 0 Å². The van der Waals surface area contributed by atoms with Gasteiger partial charge in [0, 0.05) is 31.0 Å². The summed E-state index contributed by atoms with van der Waals surface area (Å²) >= 11 is 0. The number of anilines is 1. The first-order chi connectivity index (χ1) is 29.2. The van der Waals surface area contributed by atoms with E-state index in [-0.39, 0.29) is 63.9 Å². The number of carbonyl (C=O) groups excluding carboxylic acids is 4. The minimum atomic E-state index is -5.01. The lowest BCUT2D eigenvalue weighted by Crippen LogP contribution is -2.62. The lowest BCUT2D eigenvalue weighted by atomic mass is 9.88. The number of hydrogen-bond donors (Lipinski definition) is 2. The standard InChI is InChI=1S/C41H43F8N5O8/c1-4-60-31(55)17-23(18-32(56)61-5-2)9-8-16-62-29-13-10-24(34(42)35(29)43)21-54-38(59)33(36(57)39(53(54)3)14-6-7-15-39)37(58)52-27-12-11-25(40(44,45)46)19-26(27)28-20-30(41(47,48)49)51-22-50-28/h10-13,19-20,22-23,57H,4-9,14-18,21H2,1-3H3,(H,52,58). The summed E-state index contributed by atoms with van der Waals surface area (Å²) in [6.45, 7) is 2.74. The fourth-order valence-corrected chi connectivity index (χ4v) is 7.48. The highest BCUT2D eigenvalue weighted by molar-refractivity contribution is 6.24. The average molecular weight is 886 g/mol. The van der Waals surface area contributed by atoms with Crippen molar-refractivity contribution in [3.05, 3.63) is 82.5 Å². The van der Waals surface area contributed by atoms with Crippen LogP contribution in [0.15, 0.2) is 54.1 Å². The van der Waals surface area contributed by atoms with Crippen LogP contribution in [0.1, 0.15) is 82.0 Å². The summed E-state index contributed by atoms with van der Waals surface area (Å²) in [6.07, 6.45) is -7.77. The van der Waals surface area contributed by atoms with E-state index in [1.54, 1.807) is 13.8 Å². The third-order valence-corrected chi connectivity index (χ3v) is 10.6. The number of rotatable bonds is 16. The maximum absolute atomic E-state index is 15.7. The number of halogens is 8. The van der Waals surface area contributed by atoms with E-state index in [0.29, 0.717) is 37.4 Å². The number of likely N-dealkylation sites (N-methyl/N-ethyl adjacent to an activating group) is 1. The van der Waals surface area contributed by atoms with E-state index in [9.17, 15) is 50.6 Å². The molecule has 336 valence electrons. The molecule has 5 rings (SSSR count). The molecule has 2 aromatic carbocycles. The van der Waals surface area contributed by atoms with E-state index in [1.165, 1.54) is 12.1 Å². The predicted octanol–water partition coefficient (Wildman–Crippen LogP) is 8.09. The van der Waals surface area contributed by atoms with Gasteiger partial charge in [0.15, 0.2) is 11.6 Å². The van der Waals surface area contributed by atoms with E-state index >= 15 is 8.78 Å². The largest absolute Gasteiger partial charge is 0.509 e. The van der Waals surface area contributed by atoms with Crippen molar-refractivity contribution < 1.29 is 73.6 Å². The summed E-state index contributed by atoms with van der Waals surface area (Å²) in [4.78, 5) is 59.1. The molecule has 2 N–H and O–H groups in total. The maximum Gasteiger partial charge on any atom is 0.433 e. The number of aromatic nitrogens is 2. The number of hydrazine groups is 1. The number of hydrogen-bond acceptors (Lipinski definition) is 11. The van der Waals surface area contributed by atoms with Crippen LogP contribution in [0.25, 0.3) is 11.3 Å². The first-order valence-corrected chi connectivity index (χ1v) is 19.5. The SMILES string of the molecule is CCOC(=O)CC(CCCOc1ccc(CN2C(=O)C(C(=O)Nc3ccc(C(F)(F)F)cc3-c3cc(C(F)(F)F)ncn3)=C(O)C3(CCCC3)N2C)c(F)c1F)CC(=O)OCC. The number of aliphatic hydroxyl groups excluding tert-OH is 1. The Labute approximate surface area is 350 Å². The summed E-state index contributed by atoms with van der Waals surface area (Å²) in [5, 5.41) is 16.1. The molecule has 0 bridgehead atoms. The van der Waals surface area contributed by atoms with Crippen LogP contribution >= 0.6 is 0 Å². The molecule has 0 atom stereocenters. The van der Waals surface area contributed by atoms with Gasteiger partial charge in [-0.15, -0.1) is 0 Å². The summed E-state index contributed by atoms with van der Waals surface area (Å²) in [5.74, 6) is -8.07. The molecule has 62 heavy (non-hydrogen) atoms. The minimum Gasteiger partial charge on any atom is -0.509 e. The van der Waals surface area contributed by atoms with E-state index in [4.69, 9.17) is 14.2 Å². The van der Waals surface area contributed by atoms with Crippen molar-refractivity contribution in [2.75, 3.05) is 32.2 Å². The smallest absolute Gasteiger partial charge is 0.433 e. The lowest BCUT2D eigenvalue weighted by Gasteiger charge is -2.48. The summed E-state index contributed by atoms with van der Waals surface area (Å²) < 4.78 is 129. The molecule has 13 nitrogen and oxygen atoms in total. The van der Waals surface area contributed by atoms with Crippen LogP contribution < -0.4 is 10.1 Å². The van der Waals surface area contributed by atoms with Gasteiger partial charge in [-0.05, 0) is 75.8 Å². The van der Waals surface area contributed by atoms with Crippen LogP contribution in [0.4, 0.5) is 40.8 Å². The third-order valence-electron chi connectivity index (χ3n) is 10.6. The zero-order valence-corrected chi connectivity index (χ0v) is 33.7. The van der Waals surface area contributed by atoms with Gasteiger partial charge in [0.25, 0.3) is 11.8 Å². The number of amides is 2. The normalized spacial score (nSPS) is 15.7. The topological polar surface area (TPSA) is 160 Å². The van der Waals surface area contributed by atoms with Gasteiger partial charge in [-0.25, -0.2) is 19.4 Å². The van der Waals surface area contributed by atoms with E-state index < -0.39 is 111 Å². The van der Waals surface area contributed by atoms with Gasteiger partial charge in [0.05, 0.1) is 48.8 Å². The second-order valence-corrected chi connectivity index (χ2v) is 14.6. The van der Waals surface area contributed by atoms with Gasteiger partial charge in [-0.3, -0.25) is 24.2 Å². The first-order valence-electron chi connectivity index (χ1n) is 19.5. The van der Waals surface area contributed by atoms with Crippen molar-refractivity contribution in [3.8, 4) is 17.0 Å². The molecule has 1 aromatic heterocycles. The molecule has 1 saturated carbocycles. The second-order valence-electron chi connectivity index (χ2n) is 14.6. The molecule has 1 aliphatic carbocycles. The first kappa shape index (κ1) is 47.2. The number of benzene rings is 2. The summed E-state index contributed by atoms with van der Waals surface area (Å²) in [5.41, 5.74) is -7.26. The Balaban J connectivity index is 1.38. The number of ether oxygens (including phenoxy) is 3. The number of carbonyl (C=O) groups is 4. The summed E-state index contributed by atoms with van der Waals surface area (Å²) in [6, 6.07) is 4.38. The van der Waals surface area contributed by atoms with Crippen LogP contribution in [-0.2, 0) is 47.5 Å². The van der Waals surface area contributed by atoms with E-state index in [1.807, 2.05) is 0 Å². The molecule has 1 spiro atoms. The van der Waals surface area contributed by atoms with Gasteiger partial charge < -0.3 is 24.6 Å². The Hall–Kier alpha value is -5.86. The zero-order valence-electron chi connectivity index (χ0n) is 33.7. The monoisotopic (exact) mass is 885 g/mol. The van der Waals surface area contributed by atoms with E-state index in [2.05, 4.69) is 15.3 Å². The average Bonchev–Trinajstić information content (AvgIpc) is 3.71. The quantitative estimate of drug-likeness (QED) is 0.0620. The Kier molecular flexibility index (Phi) is 14.8. The fraction of sp³-hybridized carbons (Fsp3) is 0.463. The molecule has 0 saturated heterocycles. The zero-order chi connectivity index (χ0) is 45.6. The van der Waals surface area contributed by atoms with Crippen LogP contribution in [0.2, 0.25) is 0 Å². The molecule has 1 fully saturated rings. The number of nitrogens with one attached hydrogen (secondary N) is 1. The fourth-order valence-electron chi connectivity index (χ4n) is 7.48. The van der Waals surface area contributed by atoms with Crippen LogP contribution in [0.3, 0.4) is 0 Å². The van der Waals surface area contributed by atoms with Crippen LogP contribution in [0, 0.1) is 17.6 Å². The lowest BCUT2D eigenvalue weighted by molar-refractivity contribution is -0.163. The number of aliphatic hydroxyl groups is 1. The molecule has 2 aliphatic rings. The molecule has 0 radical (unpaired) electrons. The van der Waals surface area contributed by atoms with Crippen molar-refractivity contribution in [2.24, 2.45) is 5.92 Å². The van der Waals surface area contributed by atoms with Crippen molar-refractivity contribution in [1.82, 2.24) is 20.0 Å². The molecule has 0 unspecified atom stereocenters. The number of alkyl halides is 6. The highest BCUT2D eigenvalue weighted by Crippen LogP contribution is 2.45. The maximum atomic E-state index is 15.7. The van der Waals surface area contributed by atoms with Gasteiger partial charge in [0.2, 0.25) is 5.82 Å². The number of esters is 2. The molecular formula is C41H43F8N5O8. The Morgan fingerprint density at radius 2 is 1.55 bits per heavy atom. The van der Waals surface area contributed by atoms with Gasteiger partial charge in [-0.1, -0.05) is 18.9 Å². The Morgan fingerprint density at radius 3 is 2.15 bits per heavy atom. The minimum absolute atomic E-state index is 0.0725. The van der Waals surface area contributed by atoms with Crippen molar-refractivity contribution in [2.45, 2.75) is 89.7 Å². The van der Waals surface area contributed by atoms with Crippen molar-refractivity contribution >= 4 is 29.4 Å². The highest BCUT2D eigenvalue weighted by atomic mass is 19.4. The molecule has 2 amide bonds. The molecular weight excluding hydrogens is 842 g/mol. The highest BCUT2D eigenvalue weighted by Gasteiger charge is 2.53. The Morgan fingerprint density at radius 1 is 0.903 bits per heavy atom. The predicted molar refractivity (Wildman–Crippen MR) is 202 cm³/mol. The van der Waals surface area contributed by atoms with Gasteiger partial charge in [-0.2, -0.15) is 30.7 Å². The van der Waals surface area contributed by atoms with Crippen LogP contribution in [0.5, 0.6) is 5.75 Å². The Bertz CT molecular complexity index is 2170. The summed E-state index contributed by atoms with van der Waals surface area (Å²) in [7, 11) is 1.40. The van der Waals surface area contributed by atoms with Crippen molar-refractivity contribution in [1.29, 1.82) is 0 Å². The second kappa shape index (κ2) is 19.5. The number of nitrogens with zero attached hydrogens (tertiary/aromatic N) is 4.